The lowest BCUT2D eigenvalue weighted by Crippen LogP contribution is -2.47. The van der Waals surface area contributed by atoms with E-state index in [1.807, 2.05) is 84.0 Å². The monoisotopic (exact) mass is 884 g/mol. The third kappa shape index (κ3) is 10.9. The third-order valence-corrected chi connectivity index (χ3v) is 14.8. The molecule has 13 nitrogen and oxygen atoms in total. The van der Waals surface area contributed by atoms with Gasteiger partial charge in [-0.3, -0.25) is 23.9 Å². The van der Waals surface area contributed by atoms with E-state index in [4.69, 9.17) is 19.2 Å². The first-order valence-corrected chi connectivity index (χ1v) is 24.2. The molecule has 340 valence electrons. The maximum absolute atomic E-state index is 15.2. The molecule has 1 N–H and O–H groups in total. The van der Waals surface area contributed by atoms with Crippen LogP contribution in [0.2, 0.25) is 0 Å². The number of nitrogens with one attached hydrogen (secondary N) is 1. The van der Waals surface area contributed by atoms with Crippen molar-refractivity contribution >= 4 is 44.2 Å². The first-order valence-electron chi connectivity index (χ1n) is 22.6. The van der Waals surface area contributed by atoms with E-state index >= 15 is 4.79 Å². The van der Waals surface area contributed by atoms with Crippen LogP contribution in [0.3, 0.4) is 0 Å². The van der Waals surface area contributed by atoms with Crippen molar-refractivity contribution in [3.05, 3.63) is 54.7 Å². The summed E-state index contributed by atoms with van der Waals surface area (Å²) in [6, 6.07) is 10.2. The number of nitrogens with zero attached hydrogens (tertiary/aromatic N) is 3. The van der Waals surface area contributed by atoms with E-state index in [2.05, 4.69) is 16.6 Å². The first-order chi connectivity index (χ1) is 29.7. The number of carbonyl (C=O) groups is 4. The number of methoxy groups -OCH3 is 1. The Morgan fingerprint density at radius 3 is 2.46 bits per heavy atom. The number of hydrogen-bond acceptors (Lipinski definition) is 11. The molecule has 4 heterocycles. The number of aromatic nitrogens is 2. The maximum atomic E-state index is 15.2. The number of rotatable bonds is 12. The van der Waals surface area contributed by atoms with Crippen LogP contribution in [0, 0.1) is 34.5 Å². The number of carbonyl (C=O) groups excluding carboxylic acids is 4. The van der Waals surface area contributed by atoms with Crippen molar-refractivity contribution < 1.29 is 41.8 Å². The van der Waals surface area contributed by atoms with Gasteiger partial charge in [0, 0.05) is 54.8 Å². The lowest BCUT2D eigenvalue weighted by molar-refractivity contribution is -0.145. The van der Waals surface area contributed by atoms with Crippen LogP contribution >= 0.6 is 0 Å². The Labute approximate surface area is 372 Å². The fourth-order valence-corrected chi connectivity index (χ4v) is 10.8. The number of fused-ring (bicyclic) bond motifs is 3. The van der Waals surface area contributed by atoms with Crippen molar-refractivity contribution in [2.24, 2.45) is 34.5 Å². The molecule has 2 aliphatic heterocycles. The van der Waals surface area contributed by atoms with E-state index in [0.717, 1.165) is 23.8 Å². The number of ether oxygens (including phenoxy) is 3. The minimum absolute atomic E-state index is 0.00871. The van der Waals surface area contributed by atoms with Crippen molar-refractivity contribution in [3.63, 3.8) is 0 Å². The highest BCUT2D eigenvalue weighted by molar-refractivity contribution is 7.90. The standard InChI is InChI=1S/C49H64N4O9S/c1-29(2)61-44-18-13-32(27-50-44)41-21-33-20-36(60-8)14-17-39(33)45(51-41)62-37-23-42-43(55)26-49(47(57)52-63(58,59)38-15-16-38)24-34(49)12-10-9-11-30(3)19-31(4)40(46(56)53(42)28-37)22-35(54)25-48(5,6)7/h10,12-14,17-18,20-21,27,29-31,34,37-38,40,42H,9,11,15-16,19,22-26,28H2,1-8H3,(H,52,57)/b12-10-/t30-,31-,34-,37-,40+,42+,49-/m1/s1. The lowest BCUT2D eigenvalue weighted by atomic mass is 9.79. The van der Waals surface area contributed by atoms with Gasteiger partial charge in [0.2, 0.25) is 33.6 Å². The van der Waals surface area contributed by atoms with Crippen LogP contribution in [0.5, 0.6) is 17.5 Å². The van der Waals surface area contributed by atoms with Gasteiger partial charge in [0.25, 0.3) is 0 Å². The summed E-state index contributed by atoms with van der Waals surface area (Å²) in [5.74, 6) is -0.836. The highest BCUT2D eigenvalue weighted by Gasteiger charge is 2.61. The maximum Gasteiger partial charge on any atom is 0.240 e. The number of allylic oxidation sites excluding steroid dienone is 2. The van der Waals surface area contributed by atoms with E-state index in [1.165, 1.54) is 0 Å². The summed E-state index contributed by atoms with van der Waals surface area (Å²) in [5, 5.41) is 0.881. The number of ketones is 2. The lowest BCUT2D eigenvalue weighted by Gasteiger charge is -2.32. The predicted octanol–water partition coefficient (Wildman–Crippen LogP) is 8.04. The summed E-state index contributed by atoms with van der Waals surface area (Å²) in [5.41, 5.74) is -0.238. The molecule has 1 saturated heterocycles. The van der Waals surface area contributed by atoms with E-state index in [0.29, 0.717) is 60.7 Å². The molecule has 2 aromatic heterocycles. The number of benzene rings is 1. The van der Waals surface area contributed by atoms with Crippen LogP contribution in [0.4, 0.5) is 0 Å². The highest BCUT2D eigenvalue weighted by atomic mass is 32.2. The number of Topliss-reactive ketones (excluding diaryl/α,β-unsaturated/α-hetero) is 2. The van der Waals surface area contributed by atoms with Gasteiger partial charge in [-0.05, 0) is 111 Å². The van der Waals surface area contributed by atoms with Gasteiger partial charge in [-0.1, -0.05) is 46.8 Å². The molecule has 2 amide bonds. The number of sulfonamides is 1. The zero-order valence-electron chi connectivity index (χ0n) is 38.0. The Bertz CT molecular complexity index is 2350. The van der Waals surface area contributed by atoms with Gasteiger partial charge in [-0.25, -0.2) is 18.4 Å². The predicted molar refractivity (Wildman–Crippen MR) is 241 cm³/mol. The fourth-order valence-electron chi connectivity index (χ4n) is 9.46. The van der Waals surface area contributed by atoms with Gasteiger partial charge in [0.15, 0.2) is 5.78 Å². The Kier molecular flexibility index (Phi) is 13.4. The van der Waals surface area contributed by atoms with Crippen LogP contribution in [0.25, 0.3) is 22.0 Å². The third-order valence-electron chi connectivity index (χ3n) is 13.0. The highest BCUT2D eigenvalue weighted by Crippen LogP contribution is 2.57. The van der Waals surface area contributed by atoms with Gasteiger partial charge in [0.1, 0.15) is 17.6 Å². The molecular formula is C49H64N4O9S. The van der Waals surface area contributed by atoms with Crippen LogP contribution in [0.1, 0.15) is 113 Å². The summed E-state index contributed by atoms with van der Waals surface area (Å²) >= 11 is 0. The topological polar surface area (TPSA) is 171 Å². The van der Waals surface area contributed by atoms with Crippen LogP contribution < -0.4 is 18.9 Å². The minimum atomic E-state index is -3.88. The minimum Gasteiger partial charge on any atom is -0.497 e. The summed E-state index contributed by atoms with van der Waals surface area (Å²) < 4.78 is 46.6. The molecule has 7 rings (SSSR count). The normalized spacial score (nSPS) is 27.5. The van der Waals surface area contributed by atoms with E-state index in [-0.39, 0.29) is 72.6 Å². The molecule has 7 atom stereocenters. The number of hydrogen-bond donors (Lipinski definition) is 1. The summed E-state index contributed by atoms with van der Waals surface area (Å²) in [6.45, 7) is 14.1. The van der Waals surface area contributed by atoms with Gasteiger partial charge >= 0.3 is 0 Å². The van der Waals surface area contributed by atoms with Gasteiger partial charge in [-0.15, -0.1) is 0 Å². The van der Waals surface area contributed by atoms with Crippen molar-refractivity contribution in [3.8, 4) is 28.8 Å². The smallest absolute Gasteiger partial charge is 0.240 e. The molecule has 0 radical (unpaired) electrons. The van der Waals surface area contributed by atoms with Crippen molar-refractivity contribution in [2.75, 3.05) is 13.7 Å². The molecule has 0 bridgehead atoms. The molecule has 3 aromatic rings. The molecule has 0 unspecified atom stereocenters. The Morgan fingerprint density at radius 2 is 1.79 bits per heavy atom. The Balaban J connectivity index is 1.25. The zero-order chi connectivity index (χ0) is 45.4. The largest absolute Gasteiger partial charge is 0.497 e. The number of amides is 2. The molecule has 0 spiro atoms. The second-order valence-electron chi connectivity index (χ2n) is 20.1. The van der Waals surface area contributed by atoms with E-state index in [9.17, 15) is 22.8 Å². The molecule has 2 aliphatic carbocycles. The van der Waals surface area contributed by atoms with Crippen LogP contribution in [-0.4, -0.2) is 83.8 Å². The average molecular weight is 885 g/mol. The summed E-state index contributed by atoms with van der Waals surface area (Å²) in [6.07, 6.45) is 8.75. The quantitative estimate of drug-likeness (QED) is 0.175. The SMILES string of the molecule is COc1ccc2c(O[C@@H]3C[C@H]4C(=O)C[C@]5(C(=O)NS(=O)(=O)C6CC6)C[C@H]5/C=C\CC[C@@H](C)C[C@@H](C)[C@H](CC(=O)CC(C)(C)C)C(=O)N4C3)nc(-c3ccc(OC(C)C)nc3)cc2c1. The van der Waals surface area contributed by atoms with Crippen LogP contribution in [0.15, 0.2) is 54.7 Å². The van der Waals surface area contributed by atoms with Crippen molar-refractivity contribution in [2.45, 2.75) is 136 Å². The zero-order valence-corrected chi connectivity index (χ0v) is 38.8. The van der Waals surface area contributed by atoms with Crippen LogP contribution in [-0.2, 0) is 29.2 Å². The number of pyridine rings is 2. The Hall–Kier alpha value is -4.85. The van der Waals surface area contributed by atoms with Gasteiger partial charge in [0.05, 0.1) is 42.2 Å². The molecule has 2 saturated carbocycles. The molecule has 1 aromatic carbocycles. The van der Waals surface area contributed by atoms with E-state index in [1.54, 1.807) is 24.3 Å². The molecule has 63 heavy (non-hydrogen) atoms. The molecule has 14 heteroatoms. The van der Waals surface area contributed by atoms with Gasteiger partial charge < -0.3 is 19.1 Å². The first kappa shape index (κ1) is 46.2. The Morgan fingerprint density at radius 1 is 1.03 bits per heavy atom. The second kappa shape index (κ2) is 18.3. The average Bonchev–Trinajstić information content (AvgIpc) is 4.14. The second-order valence-corrected chi connectivity index (χ2v) is 22.1. The van der Waals surface area contributed by atoms with Crippen molar-refractivity contribution in [1.82, 2.24) is 19.6 Å². The summed E-state index contributed by atoms with van der Waals surface area (Å²) in [4.78, 5) is 68.8. The fraction of sp³-hybridized carbons (Fsp3) is 0.592. The molecule has 4 aliphatic rings. The van der Waals surface area contributed by atoms with E-state index < -0.39 is 44.7 Å². The van der Waals surface area contributed by atoms with Crippen molar-refractivity contribution in [1.29, 1.82) is 0 Å². The van der Waals surface area contributed by atoms with Gasteiger partial charge in [-0.2, -0.15) is 0 Å². The molecular weight excluding hydrogens is 821 g/mol. The molecule has 3 fully saturated rings. The summed E-state index contributed by atoms with van der Waals surface area (Å²) in [7, 11) is -2.28.